The number of pyridine rings is 2. The molecule has 7 nitrogen and oxygen atoms in total. The van der Waals surface area contributed by atoms with Crippen molar-refractivity contribution < 1.29 is 9.47 Å². The minimum Gasteiger partial charge on any atom is -0.484 e. The molecule has 0 radical (unpaired) electrons. The van der Waals surface area contributed by atoms with Crippen LogP contribution in [-0.2, 0) is 6.42 Å². The first kappa shape index (κ1) is 17.4. The standard InChI is InChI=1S/C22H19N5O2/c1-2-15-3-4-17(12-18(15)23-7-1)19-13-20(27-14-26-19)24-8-5-16-6-9-25-22-21(16)28-10-11-29-22/h1-4,6-7,9,12-14H,5,8,10-11H2,(H,24,26,27). The van der Waals surface area contributed by atoms with E-state index in [-0.39, 0.29) is 0 Å². The maximum atomic E-state index is 5.72. The molecule has 1 aliphatic rings. The Morgan fingerprint density at radius 1 is 0.897 bits per heavy atom. The Balaban J connectivity index is 1.30. The molecular weight excluding hydrogens is 366 g/mol. The number of anilines is 1. The summed E-state index contributed by atoms with van der Waals surface area (Å²) in [5, 5.41) is 4.47. The van der Waals surface area contributed by atoms with Crippen molar-refractivity contribution >= 4 is 16.7 Å². The second-order valence-electron chi connectivity index (χ2n) is 6.68. The van der Waals surface area contributed by atoms with Gasteiger partial charge in [-0.25, -0.2) is 15.0 Å². The number of hydrogen-bond acceptors (Lipinski definition) is 7. The average Bonchev–Trinajstić information content (AvgIpc) is 2.79. The molecule has 1 N–H and O–H groups in total. The number of fused-ring (bicyclic) bond motifs is 2. The Hall–Kier alpha value is -3.74. The average molecular weight is 385 g/mol. The molecule has 0 amide bonds. The van der Waals surface area contributed by atoms with Crippen LogP contribution >= 0.6 is 0 Å². The van der Waals surface area contributed by atoms with Crippen molar-refractivity contribution in [3.8, 4) is 22.9 Å². The third-order valence-corrected chi connectivity index (χ3v) is 4.79. The summed E-state index contributed by atoms with van der Waals surface area (Å²) in [4.78, 5) is 17.4. The molecule has 0 atom stereocenters. The fourth-order valence-corrected chi connectivity index (χ4v) is 3.37. The molecule has 4 aromatic rings. The monoisotopic (exact) mass is 385 g/mol. The summed E-state index contributed by atoms with van der Waals surface area (Å²) in [5.41, 5.74) is 3.88. The van der Waals surface area contributed by atoms with Gasteiger partial charge in [0.25, 0.3) is 5.88 Å². The normalized spacial score (nSPS) is 12.7. The Morgan fingerprint density at radius 2 is 1.86 bits per heavy atom. The van der Waals surface area contributed by atoms with Crippen LogP contribution in [0.3, 0.4) is 0 Å². The number of nitrogens with one attached hydrogen (secondary N) is 1. The van der Waals surface area contributed by atoms with E-state index in [1.54, 1.807) is 18.7 Å². The SMILES string of the molecule is c1cnc2cc(-c3cc(NCCc4ccnc5c4OCCO5)ncn3)ccc2c1. The van der Waals surface area contributed by atoms with E-state index >= 15 is 0 Å². The molecule has 0 fully saturated rings. The molecule has 0 bridgehead atoms. The number of nitrogens with zero attached hydrogens (tertiary/aromatic N) is 4. The van der Waals surface area contributed by atoms with E-state index in [4.69, 9.17) is 9.47 Å². The summed E-state index contributed by atoms with van der Waals surface area (Å²) in [6.07, 6.45) is 5.89. The molecule has 29 heavy (non-hydrogen) atoms. The minimum absolute atomic E-state index is 0.537. The van der Waals surface area contributed by atoms with Crippen molar-refractivity contribution in [1.82, 2.24) is 19.9 Å². The lowest BCUT2D eigenvalue weighted by Crippen LogP contribution is -2.18. The molecule has 0 unspecified atom stereocenters. The fraction of sp³-hybridized carbons (Fsp3) is 0.182. The van der Waals surface area contributed by atoms with Crippen molar-refractivity contribution in [2.24, 2.45) is 0 Å². The Labute approximate surface area is 167 Å². The van der Waals surface area contributed by atoms with Gasteiger partial charge in [0.15, 0.2) is 5.75 Å². The quantitative estimate of drug-likeness (QED) is 0.563. The highest BCUT2D eigenvalue weighted by Gasteiger charge is 2.16. The molecular formula is C22H19N5O2. The maximum Gasteiger partial charge on any atom is 0.257 e. The minimum atomic E-state index is 0.537. The lowest BCUT2D eigenvalue weighted by Gasteiger charge is -2.19. The lowest BCUT2D eigenvalue weighted by molar-refractivity contribution is 0.163. The van der Waals surface area contributed by atoms with Gasteiger partial charge in [0, 0.05) is 41.5 Å². The molecule has 0 saturated heterocycles. The van der Waals surface area contributed by atoms with Crippen LogP contribution in [0.4, 0.5) is 5.82 Å². The van der Waals surface area contributed by atoms with Gasteiger partial charge >= 0.3 is 0 Å². The Bertz CT molecular complexity index is 1160. The number of benzene rings is 1. The van der Waals surface area contributed by atoms with Crippen molar-refractivity contribution in [1.29, 1.82) is 0 Å². The first-order valence-electron chi connectivity index (χ1n) is 9.51. The molecule has 0 saturated carbocycles. The van der Waals surface area contributed by atoms with Crippen LogP contribution in [-0.4, -0.2) is 39.7 Å². The van der Waals surface area contributed by atoms with E-state index < -0.39 is 0 Å². The molecule has 1 aromatic carbocycles. The Kier molecular flexibility index (Phi) is 4.62. The van der Waals surface area contributed by atoms with Crippen LogP contribution < -0.4 is 14.8 Å². The summed E-state index contributed by atoms with van der Waals surface area (Å²) < 4.78 is 11.3. The largest absolute Gasteiger partial charge is 0.484 e. The molecule has 4 heterocycles. The van der Waals surface area contributed by atoms with E-state index in [1.165, 1.54) is 0 Å². The van der Waals surface area contributed by atoms with E-state index in [0.29, 0.717) is 25.6 Å². The van der Waals surface area contributed by atoms with Crippen LogP contribution in [0, 0.1) is 0 Å². The highest BCUT2D eigenvalue weighted by molar-refractivity contribution is 5.83. The topological polar surface area (TPSA) is 82.1 Å². The van der Waals surface area contributed by atoms with E-state index in [9.17, 15) is 0 Å². The summed E-state index contributed by atoms with van der Waals surface area (Å²) in [5.74, 6) is 2.09. The molecule has 0 aliphatic carbocycles. The summed E-state index contributed by atoms with van der Waals surface area (Å²) >= 11 is 0. The van der Waals surface area contributed by atoms with Gasteiger partial charge in [-0.1, -0.05) is 18.2 Å². The van der Waals surface area contributed by atoms with Gasteiger partial charge in [0.05, 0.1) is 11.2 Å². The van der Waals surface area contributed by atoms with Crippen molar-refractivity contribution in [3.63, 3.8) is 0 Å². The van der Waals surface area contributed by atoms with Crippen LogP contribution in [0.15, 0.2) is 61.2 Å². The second-order valence-corrected chi connectivity index (χ2v) is 6.68. The lowest BCUT2D eigenvalue weighted by atomic mass is 10.1. The molecule has 144 valence electrons. The van der Waals surface area contributed by atoms with Crippen molar-refractivity contribution in [3.05, 3.63) is 66.7 Å². The number of ether oxygens (including phenoxy) is 2. The predicted octanol–water partition coefficient (Wildman–Crippen LogP) is 3.51. The third-order valence-electron chi connectivity index (χ3n) is 4.79. The van der Waals surface area contributed by atoms with Crippen LogP contribution in [0.2, 0.25) is 0 Å². The van der Waals surface area contributed by atoms with Gasteiger partial charge in [-0.3, -0.25) is 4.98 Å². The molecule has 7 heteroatoms. The predicted molar refractivity (Wildman–Crippen MR) is 110 cm³/mol. The summed E-state index contributed by atoms with van der Waals surface area (Å²) in [6, 6.07) is 14.0. The highest BCUT2D eigenvalue weighted by atomic mass is 16.6. The Morgan fingerprint density at radius 3 is 2.86 bits per heavy atom. The van der Waals surface area contributed by atoms with Gasteiger partial charge < -0.3 is 14.8 Å². The van der Waals surface area contributed by atoms with Gasteiger partial charge in [0.1, 0.15) is 25.4 Å². The van der Waals surface area contributed by atoms with Crippen molar-refractivity contribution in [2.45, 2.75) is 6.42 Å². The van der Waals surface area contributed by atoms with Crippen LogP contribution in [0.1, 0.15) is 5.56 Å². The molecule has 5 rings (SSSR count). The summed E-state index contributed by atoms with van der Waals surface area (Å²) in [6.45, 7) is 1.79. The van der Waals surface area contributed by atoms with Gasteiger partial charge in [-0.2, -0.15) is 0 Å². The van der Waals surface area contributed by atoms with Gasteiger partial charge in [-0.15, -0.1) is 0 Å². The first-order valence-corrected chi connectivity index (χ1v) is 9.51. The number of rotatable bonds is 5. The summed E-state index contributed by atoms with van der Waals surface area (Å²) in [7, 11) is 0. The zero-order valence-electron chi connectivity index (χ0n) is 15.7. The van der Waals surface area contributed by atoms with E-state index in [2.05, 4.69) is 37.4 Å². The van der Waals surface area contributed by atoms with Crippen LogP contribution in [0.25, 0.3) is 22.2 Å². The number of aromatic nitrogens is 4. The zero-order valence-corrected chi connectivity index (χ0v) is 15.7. The van der Waals surface area contributed by atoms with Crippen molar-refractivity contribution in [2.75, 3.05) is 25.1 Å². The van der Waals surface area contributed by atoms with E-state index in [1.807, 2.05) is 30.3 Å². The van der Waals surface area contributed by atoms with E-state index in [0.717, 1.165) is 45.7 Å². The van der Waals surface area contributed by atoms with Crippen LogP contribution in [0.5, 0.6) is 11.6 Å². The first-order chi connectivity index (χ1) is 14.4. The third kappa shape index (κ3) is 3.67. The molecule has 3 aromatic heterocycles. The van der Waals surface area contributed by atoms with Gasteiger partial charge in [0.2, 0.25) is 0 Å². The molecule has 0 spiro atoms. The highest BCUT2D eigenvalue weighted by Crippen LogP contribution is 2.31. The maximum absolute atomic E-state index is 5.72. The van der Waals surface area contributed by atoms with Gasteiger partial charge in [-0.05, 0) is 24.6 Å². The second kappa shape index (κ2) is 7.71. The smallest absolute Gasteiger partial charge is 0.257 e. The fourth-order valence-electron chi connectivity index (χ4n) is 3.37. The molecule has 1 aliphatic heterocycles. The zero-order chi connectivity index (χ0) is 19.5. The number of hydrogen-bond donors (Lipinski definition) is 1.